The second-order valence-corrected chi connectivity index (χ2v) is 4.34. The van der Waals surface area contributed by atoms with Gasteiger partial charge in [-0.15, -0.1) is 0 Å². The van der Waals surface area contributed by atoms with E-state index in [9.17, 15) is 9.59 Å². The van der Waals surface area contributed by atoms with Gasteiger partial charge >= 0.3 is 0 Å². The van der Waals surface area contributed by atoms with Gasteiger partial charge in [-0.05, 0) is 24.6 Å². The smallest absolute Gasteiger partial charge is 0.261 e. The molecule has 2 atom stereocenters. The van der Waals surface area contributed by atoms with Gasteiger partial charge in [0.05, 0.1) is 18.2 Å². The summed E-state index contributed by atoms with van der Waals surface area (Å²) in [5.41, 5.74) is 1.64. The van der Waals surface area contributed by atoms with E-state index in [0.717, 1.165) is 5.56 Å². The fourth-order valence-corrected chi connectivity index (χ4v) is 2.27. The molecule has 5 nitrogen and oxygen atoms in total. The van der Waals surface area contributed by atoms with Crippen LogP contribution in [0.3, 0.4) is 0 Å². The molecule has 0 aliphatic carbocycles. The number of hydrogen-bond acceptors (Lipinski definition) is 4. The number of fused-ring (bicyclic) bond motifs is 1. The summed E-state index contributed by atoms with van der Waals surface area (Å²) < 4.78 is 0. The van der Waals surface area contributed by atoms with Crippen molar-refractivity contribution in [3.8, 4) is 0 Å². The van der Waals surface area contributed by atoms with Gasteiger partial charge in [-0.2, -0.15) is 10.2 Å². The van der Waals surface area contributed by atoms with Crippen LogP contribution in [0.2, 0.25) is 0 Å². The highest BCUT2D eigenvalue weighted by Crippen LogP contribution is 2.32. The van der Waals surface area contributed by atoms with Crippen molar-refractivity contribution in [2.45, 2.75) is 13.0 Å². The first kappa shape index (κ1) is 10.1. The summed E-state index contributed by atoms with van der Waals surface area (Å²) in [5.74, 6) is -0.828. The molecule has 0 aromatic heterocycles. The van der Waals surface area contributed by atoms with E-state index in [0.29, 0.717) is 12.2 Å². The van der Waals surface area contributed by atoms with Gasteiger partial charge in [-0.25, -0.2) is 4.90 Å². The maximum absolute atomic E-state index is 12.1. The normalized spacial score (nSPS) is 26.8. The fourth-order valence-electron chi connectivity index (χ4n) is 2.27. The SMILES string of the molecule is Cc1cccc(N2C(=O)C3CN=NC3C2=O)c1. The number of rotatable bonds is 1. The van der Waals surface area contributed by atoms with Crippen LogP contribution in [-0.2, 0) is 9.59 Å². The van der Waals surface area contributed by atoms with Gasteiger partial charge in [0.1, 0.15) is 0 Å². The molecule has 2 unspecified atom stereocenters. The Labute approximate surface area is 98.1 Å². The Hall–Kier alpha value is -2.04. The lowest BCUT2D eigenvalue weighted by Gasteiger charge is -2.15. The average molecular weight is 229 g/mol. The van der Waals surface area contributed by atoms with Crippen LogP contribution in [0.4, 0.5) is 5.69 Å². The number of anilines is 1. The van der Waals surface area contributed by atoms with E-state index in [4.69, 9.17) is 0 Å². The van der Waals surface area contributed by atoms with Crippen LogP contribution >= 0.6 is 0 Å². The molecule has 0 N–H and O–H groups in total. The minimum absolute atomic E-state index is 0.185. The summed E-state index contributed by atoms with van der Waals surface area (Å²) in [4.78, 5) is 25.4. The van der Waals surface area contributed by atoms with E-state index in [1.165, 1.54) is 4.90 Å². The van der Waals surface area contributed by atoms with E-state index in [2.05, 4.69) is 10.2 Å². The van der Waals surface area contributed by atoms with Crippen molar-refractivity contribution in [2.24, 2.45) is 16.1 Å². The largest absolute Gasteiger partial charge is 0.274 e. The molecule has 0 saturated carbocycles. The van der Waals surface area contributed by atoms with Crippen molar-refractivity contribution in [1.82, 2.24) is 0 Å². The number of carbonyl (C=O) groups excluding carboxylic acids is 2. The van der Waals surface area contributed by atoms with Crippen LogP contribution in [0.5, 0.6) is 0 Å². The zero-order valence-electron chi connectivity index (χ0n) is 9.33. The number of benzene rings is 1. The minimum atomic E-state index is -0.594. The van der Waals surface area contributed by atoms with Gasteiger partial charge in [0.2, 0.25) is 5.91 Å². The van der Waals surface area contributed by atoms with Crippen LogP contribution < -0.4 is 4.90 Å². The fraction of sp³-hybridized carbons (Fsp3) is 0.333. The Bertz CT molecular complexity index is 538. The molecule has 0 radical (unpaired) electrons. The molecule has 2 aliphatic rings. The first-order valence-corrected chi connectivity index (χ1v) is 5.49. The Balaban J connectivity index is 2.02. The molecular formula is C12H11N3O2. The average Bonchev–Trinajstić information content (AvgIpc) is 2.84. The molecule has 1 aromatic rings. The number of azo groups is 1. The molecular weight excluding hydrogens is 218 g/mol. The van der Waals surface area contributed by atoms with Gasteiger partial charge in [0, 0.05) is 0 Å². The third kappa shape index (κ3) is 1.39. The van der Waals surface area contributed by atoms with Crippen LogP contribution in [0.1, 0.15) is 5.56 Å². The van der Waals surface area contributed by atoms with Crippen molar-refractivity contribution in [3.05, 3.63) is 29.8 Å². The molecule has 3 rings (SSSR count). The van der Waals surface area contributed by atoms with Crippen LogP contribution in [0.25, 0.3) is 0 Å². The van der Waals surface area contributed by atoms with Gasteiger partial charge in [-0.1, -0.05) is 12.1 Å². The summed E-state index contributed by atoms with van der Waals surface area (Å²) in [6.07, 6.45) is 0. The van der Waals surface area contributed by atoms with E-state index < -0.39 is 6.04 Å². The number of carbonyl (C=O) groups is 2. The Morgan fingerprint density at radius 1 is 1.29 bits per heavy atom. The molecule has 2 heterocycles. The first-order chi connectivity index (χ1) is 8.18. The summed E-state index contributed by atoms with van der Waals surface area (Å²) >= 11 is 0. The third-order valence-electron chi connectivity index (χ3n) is 3.14. The summed E-state index contributed by atoms with van der Waals surface area (Å²) in [6.45, 7) is 2.26. The molecule has 1 saturated heterocycles. The highest BCUT2D eigenvalue weighted by atomic mass is 16.2. The Morgan fingerprint density at radius 2 is 2.12 bits per heavy atom. The lowest BCUT2D eigenvalue weighted by molar-refractivity contribution is -0.122. The lowest BCUT2D eigenvalue weighted by atomic mass is 10.1. The second-order valence-electron chi connectivity index (χ2n) is 4.34. The van der Waals surface area contributed by atoms with E-state index >= 15 is 0 Å². The molecule has 1 aromatic carbocycles. The summed E-state index contributed by atoms with van der Waals surface area (Å²) in [6, 6.07) is 6.76. The zero-order chi connectivity index (χ0) is 12.0. The van der Waals surface area contributed by atoms with Crippen molar-refractivity contribution in [3.63, 3.8) is 0 Å². The first-order valence-electron chi connectivity index (χ1n) is 5.49. The number of aryl methyl sites for hydroxylation is 1. The Kier molecular flexibility index (Phi) is 2.07. The highest BCUT2D eigenvalue weighted by Gasteiger charge is 2.50. The monoisotopic (exact) mass is 229 g/mol. The highest BCUT2D eigenvalue weighted by molar-refractivity contribution is 6.23. The molecule has 17 heavy (non-hydrogen) atoms. The number of hydrogen-bond donors (Lipinski definition) is 0. The maximum Gasteiger partial charge on any atom is 0.261 e. The second kappa shape index (κ2) is 3.48. The predicted octanol–water partition coefficient (Wildman–Crippen LogP) is 1.32. The van der Waals surface area contributed by atoms with E-state index in [1.807, 2.05) is 25.1 Å². The molecule has 5 heteroatoms. The quantitative estimate of drug-likeness (QED) is 0.682. The van der Waals surface area contributed by atoms with Crippen molar-refractivity contribution >= 4 is 17.5 Å². The van der Waals surface area contributed by atoms with E-state index in [1.54, 1.807) is 6.07 Å². The third-order valence-corrected chi connectivity index (χ3v) is 3.14. The van der Waals surface area contributed by atoms with Crippen molar-refractivity contribution < 1.29 is 9.59 Å². The molecule has 0 bridgehead atoms. The predicted molar refractivity (Wildman–Crippen MR) is 60.7 cm³/mol. The molecule has 0 spiro atoms. The van der Waals surface area contributed by atoms with Gasteiger partial charge in [-0.3, -0.25) is 9.59 Å². The van der Waals surface area contributed by atoms with Gasteiger partial charge in [0.25, 0.3) is 5.91 Å². The number of amides is 2. The molecule has 1 fully saturated rings. The molecule has 2 amide bonds. The van der Waals surface area contributed by atoms with Crippen LogP contribution in [0.15, 0.2) is 34.5 Å². The molecule has 86 valence electrons. The van der Waals surface area contributed by atoms with Crippen molar-refractivity contribution in [2.75, 3.05) is 11.4 Å². The van der Waals surface area contributed by atoms with Gasteiger partial charge < -0.3 is 0 Å². The number of nitrogens with zero attached hydrogens (tertiary/aromatic N) is 3. The minimum Gasteiger partial charge on any atom is -0.274 e. The molecule has 2 aliphatic heterocycles. The number of imide groups is 1. The van der Waals surface area contributed by atoms with E-state index in [-0.39, 0.29) is 17.7 Å². The van der Waals surface area contributed by atoms with Gasteiger partial charge in [0.15, 0.2) is 6.04 Å². The summed E-state index contributed by atoms with van der Waals surface area (Å²) in [7, 11) is 0. The summed E-state index contributed by atoms with van der Waals surface area (Å²) in [5, 5.41) is 7.61. The zero-order valence-corrected chi connectivity index (χ0v) is 9.33. The lowest BCUT2D eigenvalue weighted by Crippen LogP contribution is -2.32. The van der Waals surface area contributed by atoms with Crippen LogP contribution in [0, 0.1) is 12.8 Å². The topological polar surface area (TPSA) is 62.1 Å². The van der Waals surface area contributed by atoms with Crippen molar-refractivity contribution in [1.29, 1.82) is 0 Å². The van der Waals surface area contributed by atoms with Crippen LogP contribution in [-0.4, -0.2) is 24.4 Å². The Morgan fingerprint density at radius 3 is 2.82 bits per heavy atom. The maximum atomic E-state index is 12.1. The standard InChI is InChI=1S/C12H11N3O2/c1-7-3-2-4-8(5-7)15-11(16)9-6-13-14-10(9)12(15)17/h2-5,9-10H,6H2,1H3.